The normalized spacial score (nSPS) is 25.7. The maximum absolute atomic E-state index is 11.8. The van der Waals surface area contributed by atoms with Crippen LogP contribution in [0.1, 0.15) is 66.7 Å². The molecule has 4 nitrogen and oxygen atoms in total. The minimum absolute atomic E-state index is 0.241. The summed E-state index contributed by atoms with van der Waals surface area (Å²) in [5.74, 6) is 0. The smallest absolute Gasteiger partial charge is 0.407 e. The van der Waals surface area contributed by atoms with Gasteiger partial charge in [-0.3, -0.25) is 0 Å². The van der Waals surface area contributed by atoms with Crippen LogP contribution in [-0.2, 0) is 4.74 Å². The third kappa shape index (κ3) is 6.81. The minimum atomic E-state index is -0.423. The first kappa shape index (κ1) is 16.3. The van der Waals surface area contributed by atoms with Gasteiger partial charge in [-0.15, -0.1) is 0 Å². The number of rotatable bonds is 4. The first-order valence-electron chi connectivity index (χ1n) is 7.55. The molecule has 4 heteroatoms. The van der Waals surface area contributed by atoms with Gasteiger partial charge in [0.25, 0.3) is 0 Å². The minimum Gasteiger partial charge on any atom is -0.444 e. The van der Waals surface area contributed by atoms with E-state index in [9.17, 15) is 4.79 Å². The van der Waals surface area contributed by atoms with Crippen molar-refractivity contribution in [2.24, 2.45) is 0 Å². The molecule has 0 aromatic carbocycles. The van der Waals surface area contributed by atoms with Crippen molar-refractivity contribution < 1.29 is 9.53 Å². The molecule has 1 amide bonds. The Kier molecular flexibility index (Phi) is 6.11. The molecular formula is C15H30N2O2. The summed E-state index contributed by atoms with van der Waals surface area (Å²) in [6.45, 7) is 10.1. The van der Waals surface area contributed by atoms with Gasteiger partial charge < -0.3 is 15.4 Å². The average Bonchev–Trinajstić information content (AvgIpc) is 2.26. The largest absolute Gasteiger partial charge is 0.444 e. The Morgan fingerprint density at radius 2 is 1.95 bits per heavy atom. The molecule has 0 heterocycles. The van der Waals surface area contributed by atoms with Gasteiger partial charge in [-0.2, -0.15) is 0 Å². The van der Waals surface area contributed by atoms with E-state index < -0.39 is 5.60 Å². The highest BCUT2D eigenvalue weighted by atomic mass is 16.6. The van der Waals surface area contributed by atoms with Crippen LogP contribution in [0.3, 0.4) is 0 Å². The van der Waals surface area contributed by atoms with Crippen molar-refractivity contribution in [3.8, 4) is 0 Å². The second-order valence-electron chi connectivity index (χ2n) is 6.68. The van der Waals surface area contributed by atoms with Gasteiger partial charge in [0.1, 0.15) is 5.60 Å². The molecule has 1 saturated carbocycles. The Morgan fingerprint density at radius 1 is 1.32 bits per heavy atom. The highest BCUT2D eigenvalue weighted by molar-refractivity contribution is 5.68. The third-order valence-corrected chi connectivity index (χ3v) is 3.53. The fraction of sp³-hybridized carbons (Fsp3) is 0.933. The summed E-state index contributed by atoms with van der Waals surface area (Å²) in [6, 6.07) is 1.30. The average molecular weight is 270 g/mol. The van der Waals surface area contributed by atoms with E-state index in [0.29, 0.717) is 12.1 Å². The van der Waals surface area contributed by atoms with Gasteiger partial charge in [0.15, 0.2) is 0 Å². The van der Waals surface area contributed by atoms with Crippen LogP contribution in [0.25, 0.3) is 0 Å². The molecule has 0 saturated heterocycles. The van der Waals surface area contributed by atoms with E-state index in [4.69, 9.17) is 4.74 Å². The van der Waals surface area contributed by atoms with Gasteiger partial charge in [-0.25, -0.2) is 4.79 Å². The van der Waals surface area contributed by atoms with Gasteiger partial charge in [0.05, 0.1) is 0 Å². The molecule has 1 rings (SSSR count). The summed E-state index contributed by atoms with van der Waals surface area (Å²) in [4.78, 5) is 11.8. The Morgan fingerprint density at radius 3 is 2.53 bits per heavy atom. The topological polar surface area (TPSA) is 50.4 Å². The predicted molar refractivity (Wildman–Crippen MR) is 78.3 cm³/mol. The molecule has 1 aliphatic carbocycles. The summed E-state index contributed by atoms with van der Waals surface area (Å²) in [6.07, 6.45) is 5.27. The molecule has 19 heavy (non-hydrogen) atoms. The van der Waals surface area contributed by atoms with Crippen LogP contribution in [0.5, 0.6) is 0 Å². The maximum Gasteiger partial charge on any atom is 0.407 e. The number of hydrogen-bond donors (Lipinski definition) is 2. The zero-order chi connectivity index (χ0) is 14.5. The van der Waals surface area contributed by atoms with Crippen molar-refractivity contribution in [3.63, 3.8) is 0 Å². The zero-order valence-electron chi connectivity index (χ0n) is 13.1. The monoisotopic (exact) mass is 270 g/mol. The van der Waals surface area contributed by atoms with Gasteiger partial charge in [0.2, 0.25) is 0 Å². The van der Waals surface area contributed by atoms with Crippen LogP contribution in [-0.4, -0.2) is 29.8 Å². The zero-order valence-corrected chi connectivity index (χ0v) is 13.1. The molecule has 3 unspecified atom stereocenters. The molecule has 0 aromatic heterocycles. The lowest BCUT2D eigenvalue weighted by Crippen LogP contribution is -2.47. The van der Waals surface area contributed by atoms with Gasteiger partial charge >= 0.3 is 6.09 Å². The van der Waals surface area contributed by atoms with Crippen LogP contribution in [0, 0.1) is 0 Å². The molecule has 0 spiro atoms. The van der Waals surface area contributed by atoms with Crippen molar-refractivity contribution in [3.05, 3.63) is 0 Å². The summed E-state index contributed by atoms with van der Waals surface area (Å²) in [5, 5.41) is 6.62. The number of carbonyl (C=O) groups excluding carboxylic acids is 1. The van der Waals surface area contributed by atoms with E-state index in [2.05, 4.69) is 24.5 Å². The molecule has 0 aliphatic heterocycles. The first-order chi connectivity index (χ1) is 8.80. The van der Waals surface area contributed by atoms with E-state index >= 15 is 0 Å². The van der Waals surface area contributed by atoms with Crippen molar-refractivity contribution in [1.82, 2.24) is 10.6 Å². The second-order valence-corrected chi connectivity index (χ2v) is 6.68. The number of alkyl carbamates (subject to hydrolysis) is 1. The molecule has 1 aliphatic rings. The van der Waals surface area contributed by atoms with Gasteiger partial charge in [0, 0.05) is 18.1 Å². The summed E-state index contributed by atoms with van der Waals surface area (Å²) < 4.78 is 5.31. The fourth-order valence-electron chi connectivity index (χ4n) is 2.47. The lowest BCUT2D eigenvalue weighted by Gasteiger charge is -2.32. The molecule has 3 atom stereocenters. The van der Waals surface area contributed by atoms with E-state index in [1.54, 1.807) is 0 Å². The van der Waals surface area contributed by atoms with Gasteiger partial charge in [-0.05, 0) is 59.8 Å². The van der Waals surface area contributed by atoms with Crippen molar-refractivity contribution in [1.29, 1.82) is 0 Å². The number of ether oxygens (including phenoxy) is 1. The molecule has 0 aromatic rings. The van der Waals surface area contributed by atoms with Crippen molar-refractivity contribution in [2.45, 2.75) is 90.4 Å². The van der Waals surface area contributed by atoms with Crippen LogP contribution >= 0.6 is 0 Å². The maximum atomic E-state index is 11.8. The van der Waals surface area contributed by atoms with Gasteiger partial charge in [-0.1, -0.05) is 6.92 Å². The number of hydrogen-bond acceptors (Lipinski definition) is 3. The second kappa shape index (κ2) is 7.13. The Hall–Kier alpha value is -0.770. The highest BCUT2D eigenvalue weighted by Gasteiger charge is 2.25. The quantitative estimate of drug-likeness (QED) is 0.824. The number of carbonyl (C=O) groups is 1. The van der Waals surface area contributed by atoms with Crippen LogP contribution in [0.2, 0.25) is 0 Å². The predicted octanol–water partition coefficient (Wildman–Crippen LogP) is 3.21. The Balaban J connectivity index is 2.36. The molecule has 1 fully saturated rings. The lowest BCUT2D eigenvalue weighted by molar-refractivity contribution is 0.0488. The van der Waals surface area contributed by atoms with E-state index in [0.717, 1.165) is 25.7 Å². The molecule has 0 radical (unpaired) electrons. The summed E-state index contributed by atoms with van der Waals surface area (Å²) in [7, 11) is 0. The number of amides is 1. The molecular weight excluding hydrogens is 240 g/mol. The van der Waals surface area contributed by atoms with Crippen molar-refractivity contribution in [2.75, 3.05) is 0 Å². The standard InChI is InChI=1S/C15H30N2O2/c1-6-11(2)16-12-8-7-9-13(10-12)17-14(18)19-15(3,4)5/h11-13,16H,6-10H2,1-5H3,(H,17,18). The van der Waals surface area contributed by atoms with Crippen LogP contribution in [0.15, 0.2) is 0 Å². The molecule has 2 N–H and O–H groups in total. The van der Waals surface area contributed by atoms with Crippen LogP contribution in [0.4, 0.5) is 4.79 Å². The summed E-state index contributed by atoms with van der Waals surface area (Å²) in [5.41, 5.74) is -0.423. The first-order valence-corrected chi connectivity index (χ1v) is 7.55. The highest BCUT2D eigenvalue weighted by Crippen LogP contribution is 2.20. The van der Waals surface area contributed by atoms with E-state index in [-0.39, 0.29) is 12.1 Å². The van der Waals surface area contributed by atoms with Crippen molar-refractivity contribution >= 4 is 6.09 Å². The lowest BCUT2D eigenvalue weighted by atomic mass is 9.90. The van der Waals surface area contributed by atoms with E-state index in [1.165, 1.54) is 6.42 Å². The Bertz CT molecular complexity index is 286. The molecule has 112 valence electrons. The Labute approximate surface area is 117 Å². The van der Waals surface area contributed by atoms with Crippen LogP contribution < -0.4 is 10.6 Å². The third-order valence-electron chi connectivity index (χ3n) is 3.53. The molecule has 0 bridgehead atoms. The fourth-order valence-corrected chi connectivity index (χ4v) is 2.47. The summed E-state index contributed by atoms with van der Waals surface area (Å²) >= 11 is 0. The number of nitrogens with one attached hydrogen (secondary N) is 2. The SMILES string of the molecule is CCC(C)NC1CCCC(NC(=O)OC(C)(C)C)C1. The van der Waals surface area contributed by atoms with E-state index in [1.807, 2.05) is 20.8 Å².